The highest BCUT2D eigenvalue weighted by atomic mass is 35.5. The molecule has 0 fully saturated rings. The Kier molecular flexibility index (Phi) is 5.11. The lowest BCUT2D eigenvalue weighted by atomic mass is 10.1. The number of benzene rings is 2. The van der Waals surface area contributed by atoms with E-state index < -0.39 is 0 Å². The number of halogens is 2. The fraction of sp³-hybridized carbons (Fsp3) is 0.278. The van der Waals surface area contributed by atoms with Crippen molar-refractivity contribution >= 4 is 17.5 Å². The molecule has 0 spiro atoms. The van der Waals surface area contributed by atoms with Crippen LogP contribution >= 0.6 is 11.6 Å². The van der Waals surface area contributed by atoms with Crippen LogP contribution in [0.25, 0.3) is 0 Å². The van der Waals surface area contributed by atoms with Crippen molar-refractivity contribution in [3.63, 3.8) is 0 Å². The third-order valence-electron chi connectivity index (χ3n) is 4.00. The molecule has 0 aliphatic carbocycles. The smallest absolute Gasteiger partial charge is 0.251 e. The molecule has 0 bridgehead atoms. The minimum absolute atomic E-state index is 0.0857. The van der Waals surface area contributed by atoms with Gasteiger partial charge in [0.1, 0.15) is 5.82 Å². The first-order chi connectivity index (χ1) is 12.0. The van der Waals surface area contributed by atoms with Gasteiger partial charge in [-0.3, -0.25) is 4.79 Å². The topological polar surface area (TPSA) is 50.8 Å². The Labute approximate surface area is 150 Å². The molecular formula is C18H18ClFN2O3. The van der Waals surface area contributed by atoms with Crippen LogP contribution in [-0.4, -0.2) is 38.2 Å². The molecule has 3 rings (SSSR count). The van der Waals surface area contributed by atoms with Crippen molar-refractivity contribution in [2.24, 2.45) is 0 Å². The standard InChI is InChI=1S/C18H18ClFN2O3/c1-22(2)15(11-4-3-5-13(20)6-11)9-21-18(23)12-7-14(19)17-16(8-12)24-10-25-17/h3-8,15H,9-10H2,1-2H3,(H,21,23)/t15-/m0/s1. The maximum Gasteiger partial charge on any atom is 0.251 e. The summed E-state index contributed by atoms with van der Waals surface area (Å²) in [6, 6.07) is 9.31. The molecule has 0 aromatic heterocycles. The van der Waals surface area contributed by atoms with Gasteiger partial charge in [-0.1, -0.05) is 23.7 Å². The van der Waals surface area contributed by atoms with Gasteiger partial charge in [-0.25, -0.2) is 4.39 Å². The molecule has 1 amide bonds. The summed E-state index contributed by atoms with van der Waals surface area (Å²) in [4.78, 5) is 14.4. The zero-order valence-electron chi connectivity index (χ0n) is 13.9. The second-order valence-corrected chi connectivity index (χ2v) is 6.34. The SMILES string of the molecule is CN(C)[C@@H](CNC(=O)c1cc(Cl)c2c(c1)OCO2)c1cccc(F)c1. The van der Waals surface area contributed by atoms with Crippen molar-refractivity contribution in [2.75, 3.05) is 27.4 Å². The molecule has 5 nitrogen and oxygen atoms in total. The summed E-state index contributed by atoms with van der Waals surface area (Å²) in [7, 11) is 3.75. The zero-order chi connectivity index (χ0) is 18.0. The van der Waals surface area contributed by atoms with Gasteiger partial charge in [-0.15, -0.1) is 0 Å². The van der Waals surface area contributed by atoms with Crippen LogP contribution in [0.4, 0.5) is 4.39 Å². The maximum atomic E-state index is 13.5. The van der Waals surface area contributed by atoms with Gasteiger partial charge in [0.15, 0.2) is 11.5 Å². The van der Waals surface area contributed by atoms with Gasteiger partial charge in [0.2, 0.25) is 6.79 Å². The van der Waals surface area contributed by atoms with E-state index in [0.717, 1.165) is 5.56 Å². The molecule has 2 aromatic carbocycles. The number of fused-ring (bicyclic) bond motifs is 1. The highest BCUT2D eigenvalue weighted by Gasteiger charge is 2.22. The summed E-state index contributed by atoms with van der Waals surface area (Å²) in [5, 5.41) is 3.19. The third-order valence-corrected chi connectivity index (χ3v) is 4.28. The number of ether oxygens (including phenoxy) is 2. The number of likely N-dealkylation sites (N-methyl/N-ethyl adjacent to an activating group) is 1. The van der Waals surface area contributed by atoms with Gasteiger partial charge >= 0.3 is 0 Å². The summed E-state index contributed by atoms with van der Waals surface area (Å²) in [6.07, 6.45) is 0. The molecule has 0 saturated heterocycles. The van der Waals surface area contributed by atoms with E-state index in [1.165, 1.54) is 18.2 Å². The number of carbonyl (C=O) groups is 1. The van der Waals surface area contributed by atoms with Crippen LogP contribution in [0.15, 0.2) is 36.4 Å². The first-order valence-corrected chi connectivity index (χ1v) is 8.12. The number of nitrogens with zero attached hydrogens (tertiary/aromatic N) is 1. The summed E-state index contributed by atoms with van der Waals surface area (Å²) < 4.78 is 24.0. The fourth-order valence-electron chi connectivity index (χ4n) is 2.70. The monoisotopic (exact) mass is 364 g/mol. The van der Waals surface area contributed by atoms with Crippen LogP contribution in [0.1, 0.15) is 22.0 Å². The summed E-state index contributed by atoms with van der Waals surface area (Å²) in [5.41, 5.74) is 1.17. The maximum absolute atomic E-state index is 13.5. The first-order valence-electron chi connectivity index (χ1n) is 7.75. The van der Waals surface area contributed by atoms with E-state index in [9.17, 15) is 9.18 Å². The van der Waals surface area contributed by atoms with E-state index >= 15 is 0 Å². The lowest BCUT2D eigenvalue weighted by Crippen LogP contribution is -2.34. The van der Waals surface area contributed by atoms with Crippen LogP contribution in [0.3, 0.4) is 0 Å². The molecule has 2 aromatic rings. The van der Waals surface area contributed by atoms with E-state index in [-0.39, 0.29) is 24.6 Å². The van der Waals surface area contributed by atoms with Crippen molar-refractivity contribution in [1.82, 2.24) is 10.2 Å². The van der Waals surface area contributed by atoms with E-state index in [4.69, 9.17) is 21.1 Å². The summed E-state index contributed by atoms with van der Waals surface area (Å²) in [6.45, 7) is 0.406. The number of hydrogen-bond donors (Lipinski definition) is 1. The van der Waals surface area contributed by atoms with Crippen molar-refractivity contribution in [3.05, 3.63) is 58.4 Å². The Hall–Kier alpha value is -2.31. The molecule has 0 saturated carbocycles. The highest BCUT2D eigenvalue weighted by Crippen LogP contribution is 2.39. The molecule has 1 aliphatic heterocycles. The summed E-state index contributed by atoms with van der Waals surface area (Å²) in [5.74, 6) is 0.303. The molecule has 25 heavy (non-hydrogen) atoms. The Morgan fingerprint density at radius 3 is 2.84 bits per heavy atom. The minimum Gasteiger partial charge on any atom is -0.454 e. The van der Waals surface area contributed by atoms with Gasteiger partial charge in [-0.05, 0) is 43.9 Å². The predicted octanol–water partition coefficient (Wildman–Crippen LogP) is 3.24. The molecule has 7 heteroatoms. The van der Waals surface area contributed by atoms with Crippen molar-refractivity contribution < 1.29 is 18.7 Å². The van der Waals surface area contributed by atoms with Gasteiger partial charge in [0.25, 0.3) is 5.91 Å². The van der Waals surface area contributed by atoms with Gasteiger partial charge in [0, 0.05) is 12.1 Å². The Bertz CT molecular complexity index is 798. The Balaban J connectivity index is 1.73. The van der Waals surface area contributed by atoms with Gasteiger partial charge < -0.3 is 19.7 Å². The van der Waals surface area contributed by atoms with Crippen molar-refractivity contribution in [1.29, 1.82) is 0 Å². The molecule has 1 aliphatic rings. The second-order valence-electron chi connectivity index (χ2n) is 5.94. The molecular weight excluding hydrogens is 347 g/mol. The normalized spacial score (nSPS) is 13.8. The number of rotatable bonds is 5. The molecule has 132 valence electrons. The van der Waals surface area contributed by atoms with Gasteiger partial charge in [-0.2, -0.15) is 0 Å². The van der Waals surface area contributed by atoms with Crippen molar-refractivity contribution in [2.45, 2.75) is 6.04 Å². The summed E-state index contributed by atoms with van der Waals surface area (Å²) >= 11 is 6.11. The quantitative estimate of drug-likeness (QED) is 0.885. The van der Waals surface area contributed by atoms with Crippen LogP contribution in [0.5, 0.6) is 11.5 Å². The third kappa shape index (κ3) is 3.86. The van der Waals surface area contributed by atoms with Crippen molar-refractivity contribution in [3.8, 4) is 11.5 Å². The molecule has 1 N–H and O–H groups in total. The number of amides is 1. The Morgan fingerprint density at radius 2 is 2.12 bits per heavy atom. The van der Waals surface area contributed by atoms with Crippen LogP contribution in [-0.2, 0) is 0 Å². The fourth-order valence-corrected chi connectivity index (χ4v) is 2.97. The largest absolute Gasteiger partial charge is 0.454 e. The average molecular weight is 365 g/mol. The molecule has 1 heterocycles. The lowest BCUT2D eigenvalue weighted by Gasteiger charge is -2.25. The molecule has 0 unspecified atom stereocenters. The van der Waals surface area contributed by atoms with E-state index in [1.807, 2.05) is 25.1 Å². The van der Waals surface area contributed by atoms with Crippen LogP contribution < -0.4 is 14.8 Å². The molecule has 1 atom stereocenters. The van der Waals surface area contributed by atoms with E-state index in [2.05, 4.69) is 5.32 Å². The number of carbonyl (C=O) groups excluding carboxylic acids is 1. The van der Waals surface area contributed by atoms with Gasteiger partial charge in [0.05, 0.1) is 11.1 Å². The second kappa shape index (κ2) is 7.29. The van der Waals surface area contributed by atoms with E-state index in [0.29, 0.717) is 28.6 Å². The van der Waals surface area contributed by atoms with Crippen LogP contribution in [0, 0.1) is 5.82 Å². The highest BCUT2D eigenvalue weighted by molar-refractivity contribution is 6.32. The Morgan fingerprint density at radius 1 is 1.32 bits per heavy atom. The number of hydrogen-bond acceptors (Lipinski definition) is 4. The number of nitrogens with one attached hydrogen (secondary N) is 1. The average Bonchev–Trinajstić information content (AvgIpc) is 3.03. The first kappa shape index (κ1) is 17.5. The molecule has 0 radical (unpaired) electrons. The predicted molar refractivity (Wildman–Crippen MR) is 92.7 cm³/mol. The van der Waals surface area contributed by atoms with Crippen LogP contribution in [0.2, 0.25) is 5.02 Å². The zero-order valence-corrected chi connectivity index (χ0v) is 14.6. The van der Waals surface area contributed by atoms with E-state index in [1.54, 1.807) is 12.1 Å². The lowest BCUT2D eigenvalue weighted by molar-refractivity contribution is 0.0941. The minimum atomic E-state index is -0.307.